The van der Waals surface area contributed by atoms with Gasteiger partial charge in [0.15, 0.2) is 0 Å². The SMILES string of the molecule is CC1C2Cc3ccc(C(F)(F)F)cc3CN2C(=O)[C@]12CC[C@@H](N1CCCC(C(F)(F)F)C1)C2. The van der Waals surface area contributed by atoms with E-state index < -0.39 is 29.2 Å². The fourth-order valence-electron chi connectivity index (χ4n) is 6.88. The number of amides is 1. The van der Waals surface area contributed by atoms with Crippen molar-refractivity contribution in [3.63, 3.8) is 0 Å². The summed E-state index contributed by atoms with van der Waals surface area (Å²) in [4.78, 5) is 17.3. The molecule has 182 valence electrons. The summed E-state index contributed by atoms with van der Waals surface area (Å²) in [6.45, 7) is 2.81. The topological polar surface area (TPSA) is 23.6 Å². The molecule has 3 heterocycles. The Balaban J connectivity index is 1.35. The number of benzene rings is 1. The summed E-state index contributed by atoms with van der Waals surface area (Å²) in [6, 6.07) is 3.65. The molecule has 0 bridgehead atoms. The average Bonchev–Trinajstić information content (AvgIpc) is 3.29. The van der Waals surface area contributed by atoms with E-state index in [-0.39, 0.29) is 43.4 Å². The molecule has 1 amide bonds. The third-order valence-corrected chi connectivity index (χ3v) is 8.79. The van der Waals surface area contributed by atoms with Gasteiger partial charge in [0.05, 0.1) is 16.9 Å². The minimum Gasteiger partial charge on any atom is -0.334 e. The van der Waals surface area contributed by atoms with Gasteiger partial charge in [-0.1, -0.05) is 13.0 Å². The van der Waals surface area contributed by atoms with Gasteiger partial charge in [0.2, 0.25) is 5.91 Å². The Bertz CT molecular complexity index is 944. The average molecular weight is 474 g/mol. The van der Waals surface area contributed by atoms with Crippen LogP contribution in [0.4, 0.5) is 26.3 Å². The number of alkyl halides is 6. The van der Waals surface area contributed by atoms with Crippen molar-refractivity contribution in [3.05, 3.63) is 34.9 Å². The number of halogens is 6. The van der Waals surface area contributed by atoms with E-state index in [1.165, 1.54) is 6.07 Å². The first kappa shape index (κ1) is 23.0. The maximum atomic E-state index is 13.6. The van der Waals surface area contributed by atoms with E-state index in [1.54, 1.807) is 4.90 Å². The summed E-state index contributed by atoms with van der Waals surface area (Å²) in [5.41, 5.74) is 0.0475. The van der Waals surface area contributed by atoms with Crippen molar-refractivity contribution in [3.8, 4) is 0 Å². The maximum Gasteiger partial charge on any atom is 0.416 e. The summed E-state index contributed by atoms with van der Waals surface area (Å²) < 4.78 is 79.4. The van der Waals surface area contributed by atoms with Gasteiger partial charge in [-0.25, -0.2) is 0 Å². The molecule has 0 radical (unpaired) electrons. The molecule has 33 heavy (non-hydrogen) atoms. The summed E-state index contributed by atoms with van der Waals surface area (Å²) >= 11 is 0. The van der Waals surface area contributed by atoms with Gasteiger partial charge in [0, 0.05) is 25.2 Å². The van der Waals surface area contributed by atoms with Gasteiger partial charge < -0.3 is 4.90 Å². The molecule has 5 rings (SSSR count). The molecule has 3 aliphatic heterocycles. The number of nitrogens with zero attached hydrogens (tertiary/aromatic N) is 2. The second-order valence-electron chi connectivity index (χ2n) is 10.4. The lowest BCUT2D eigenvalue weighted by molar-refractivity contribution is -0.188. The number of likely N-dealkylation sites (tertiary alicyclic amines) is 1. The van der Waals surface area contributed by atoms with Crippen LogP contribution in [0.3, 0.4) is 0 Å². The Morgan fingerprint density at radius 3 is 2.52 bits per heavy atom. The van der Waals surface area contributed by atoms with Crippen LogP contribution in [0.15, 0.2) is 18.2 Å². The maximum absolute atomic E-state index is 13.6. The van der Waals surface area contributed by atoms with Gasteiger partial charge in [-0.15, -0.1) is 0 Å². The first-order chi connectivity index (χ1) is 15.4. The molecular formula is C24H28F6N2O. The molecule has 1 spiro atoms. The van der Waals surface area contributed by atoms with E-state index in [2.05, 4.69) is 0 Å². The zero-order valence-corrected chi connectivity index (χ0v) is 18.5. The van der Waals surface area contributed by atoms with Gasteiger partial charge >= 0.3 is 12.4 Å². The number of piperidine rings is 1. The normalized spacial score (nSPS) is 35.2. The number of hydrogen-bond acceptors (Lipinski definition) is 2. The summed E-state index contributed by atoms with van der Waals surface area (Å²) in [6.07, 6.45) is -5.61. The molecule has 9 heteroatoms. The van der Waals surface area contributed by atoms with Crippen molar-refractivity contribution >= 4 is 5.91 Å². The third-order valence-electron chi connectivity index (χ3n) is 8.79. The molecule has 5 atom stereocenters. The van der Waals surface area contributed by atoms with Gasteiger partial charge in [0.1, 0.15) is 0 Å². The zero-order valence-electron chi connectivity index (χ0n) is 18.5. The van der Waals surface area contributed by atoms with Crippen LogP contribution < -0.4 is 0 Å². The molecule has 1 saturated carbocycles. The number of hydrogen-bond donors (Lipinski definition) is 0. The smallest absolute Gasteiger partial charge is 0.334 e. The molecule has 3 unspecified atom stereocenters. The monoisotopic (exact) mass is 474 g/mol. The molecule has 0 N–H and O–H groups in total. The van der Waals surface area contributed by atoms with E-state index in [0.29, 0.717) is 44.2 Å². The van der Waals surface area contributed by atoms with Crippen LogP contribution in [-0.4, -0.2) is 47.1 Å². The molecule has 1 aromatic rings. The summed E-state index contributed by atoms with van der Waals surface area (Å²) in [7, 11) is 0. The first-order valence-electron chi connectivity index (χ1n) is 11.7. The minimum absolute atomic E-state index is 0.00801. The van der Waals surface area contributed by atoms with E-state index in [1.807, 2.05) is 11.8 Å². The number of carbonyl (C=O) groups excluding carboxylic acids is 1. The van der Waals surface area contributed by atoms with E-state index in [9.17, 15) is 31.1 Å². The van der Waals surface area contributed by atoms with Gasteiger partial charge in [-0.2, -0.15) is 26.3 Å². The van der Waals surface area contributed by atoms with E-state index in [4.69, 9.17) is 0 Å². The lowest BCUT2D eigenvalue weighted by Crippen LogP contribution is -2.46. The molecule has 3 fully saturated rings. The molecule has 1 aliphatic carbocycles. The molecule has 2 saturated heterocycles. The standard InChI is InChI=1S/C24H28F6N2O/c1-14-20-10-15-4-5-17(23(25,26)27)9-16(15)12-32(20)21(33)22(14)7-6-19(11-22)31-8-2-3-18(13-31)24(28,29)30/h4-5,9,14,18-20H,2-3,6-8,10-13H2,1H3/t14?,18?,19-,20?,22+/m1/s1. The first-order valence-corrected chi connectivity index (χ1v) is 11.7. The molecule has 0 aromatic heterocycles. The summed E-state index contributed by atoms with van der Waals surface area (Å²) in [5, 5.41) is 0. The van der Waals surface area contributed by atoms with Crippen LogP contribution in [0.1, 0.15) is 55.7 Å². The lowest BCUT2D eigenvalue weighted by atomic mass is 9.73. The highest BCUT2D eigenvalue weighted by molar-refractivity contribution is 5.87. The lowest BCUT2D eigenvalue weighted by Gasteiger charge is -2.38. The Morgan fingerprint density at radius 2 is 1.82 bits per heavy atom. The van der Waals surface area contributed by atoms with Crippen molar-refractivity contribution in [2.24, 2.45) is 17.3 Å². The predicted octanol–water partition coefficient (Wildman–Crippen LogP) is 5.42. The van der Waals surface area contributed by atoms with Crippen molar-refractivity contribution in [1.82, 2.24) is 9.80 Å². The summed E-state index contributed by atoms with van der Waals surface area (Å²) in [5.74, 6) is -1.34. The Labute approximate surface area is 189 Å². The largest absolute Gasteiger partial charge is 0.416 e. The van der Waals surface area contributed by atoms with Crippen molar-refractivity contribution < 1.29 is 31.1 Å². The Hall–Kier alpha value is -1.77. The van der Waals surface area contributed by atoms with Crippen molar-refractivity contribution in [2.75, 3.05) is 13.1 Å². The van der Waals surface area contributed by atoms with Crippen LogP contribution in [0.5, 0.6) is 0 Å². The highest BCUT2D eigenvalue weighted by atomic mass is 19.4. The molecule has 3 nitrogen and oxygen atoms in total. The molecule has 1 aromatic carbocycles. The van der Waals surface area contributed by atoms with Crippen LogP contribution in [0.25, 0.3) is 0 Å². The van der Waals surface area contributed by atoms with Crippen LogP contribution in [0.2, 0.25) is 0 Å². The second kappa shape index (κ2) is 7.62. The van der Waals surface area contributed by atoms with Crippen LogP contribution >= 0.6 is 0 Å². The fourth-order valence-corrected chi connectivity index (χ4v) is 6.88. The highest BCUT2D eigenvalue weighted by Gasteiger charge is 2.61. The van der Waals surface area contributed by atoms with Crippen molar-refractivity contribution in [1.29, 1.82) is 0 Å². The quantitative estimate of drug-likeness (QED) is 0.508. The number of fused-ring (bicyclic) bond motifs is 2. The number of carbonyl (C=O) groups is 1. The minimum atomic E-state index is -4.43. The molecule has 4 aliphatic rings. The zero-order chi connectivity index (χ0) is 23.8. The van der Waals surface area contributed by atoms with Gasteiger partial charge in [-0.05, 0) is 74.2 Å². The fraction of sp³-hybridized carbons (Fsp3) is 0.708. The Morgan fingerprint density at radius 1 is 1.06 bits per heavy atom. The second-order valence-corrected chi connectivity index (χ2v) is 10.4. The number of rotatable bonds is 1. The van der Waals surface area contributed by atoms with Gasteiger partial charge in [-0.3, -0.25) is 9.69 Å². The van der Waals surface area contributed by atoms with Gasteiger partial charge in [0.25, 0.3) is 0 Å². The van der Waals surface area contributed by atoms with Crippen LogP contribution in [0, 0.1) is 17.3 Å². The Kier molecular flexibility index (Phi) is 5.31. The third kappa shape index (κ3) is 3.74. The van der Waals surface area contributed by atoms with Crippen LogP contribution in [-0.2, 0) is 23.9 Å². The van der Waals surface area contributed by atoms with Crippen molar-refractivity contribution in [2.45, 2.75) is 76.4 Å². The van der Waals surface area contributed by atoms with E-state index >= 15 is 0 Å². The van der Waals surface area contributed by atoms with E-state index in [0.717, 1.165) is 17.7 Å². The predicted molar refractivity (Wildman–Crippen MR) is 109 cm³/mol. The highest BCUT2D eigenvalue weighted by Crippen LogP contribution is 2.56. The molecular weight excluding hydrogens is 446 g/mol.